The minimum Gasteiger partial charge on any atom is -0.347 e. The molecule has 0 saturated carbocycles. The van der Waals surface area contributed by atoms with E-state index in [0.717, 1.165) is 12.1 Å². The Hall–Kier alpha value is -2.13. The molecule has 0 aromatic heterocycles. The van der Waals surface area contributed by atoms with Crippen LogP contribution in [0, 0.1) is 5.41 Å². The Morgan fingerprint density at radius 2 is 1.81 bits per heavy atom. The van der Waals surface area contributed by atoms with Crippen molar-refractivity contribution in [1.82, 2.24) is 16.0 Å². The van der Waals surface area contributed by atoms with Crippen molar-refractivity contribution in [1.29, 1.82) is 0 Å². The van der Waals surface area contributed by atoms with Crippen LogP contribution in [0.3, 0.4) is 0 Å². The number of carbonyl (C=O) groups excluding carboxylic acids is 2. The van der Waals surface area contributed by atoms with Crippen molar-refractivity contribution in [2.24, 2.45) is 11.1 Å². The first-order chi connectivity index (χ1) is 11.9. The molecule has 1 aliphatic heterocycles. The number of alkyl halides is 3. The second-order valence-corrected chi connectivity index (χ2v) is 7.40. The van der Waals surface area contributed by atoms with Gasteiger partial charge in [-0.05, 0) is 23.1 Å². The molecule has 0 bridgehead atoms. The number of carbonyl (C=O) groups is 2. The summed E-state index contributed by atoms with van der Waals surface area (Å²) in [7, 11) is 0. The third kappa shape index (κ3) is 4.95. The average Bonchev–Trinajstić information content (AvgIpc) is 2.49. The van der Waals surface area contributed by atoms with Crippen molar-refractivity contribution < 1.29 is 22.8 Å². The van der Waals surface area contributed by atoms with Gasteiger partial charge in [-0.2, -0.15) is 13.2 Å². The van der Waals surface area contributed by atoms with Gasteiger partial charge in [0.05, 0.1) is 24.1 Å². The molecule has 5 N–H and O–H groups in total. The van der Waals surface area contributed by atoms with E-state index in [1.54, 1.807) is 0 Å². The molecule has 0 spiro atoms. The van der Waals surface area contributed by atoms with Gasteiger partial charge in [0.25, 0.3) is 0 Å². The first-order valence-electron chi connectivity index (χ1n) is 8.16. The monoisotopic (exact) mass is 372 g/mol. The maximum atomic E-state index is 12.8. The van der Waals surface area contributed by atoms with Crippen LogP contribution in [0.2, 0.25) is 0 Å². The summed E-state index contributed by atoms with van der Waals surface area (Å²) < 4.78 is 38.3. The lowest BCUT2D eigenvalue weighted by Crippen LogP contribution is -2.64. The summed E-state index contributed by atoms with van der Waals surface area (Å²) in [6.45, 7) is 5.59. The van der Waals surface area contributed by atoms with Crippen LogP contribution in [0.1, 0.15) is 44.4 Å². The van der Waals surface area contributed by atoms with E-state index in [1.165, 1.54) is 12.1 Å². The highest BCUT2D eigenvalue weighted by Gasteiger charge is 2.35. The largest absolute Gasteiger partial charge is 0.416 e. The van der Waals surface area contributed by atoms with E-state index in [9.17, 15) is 22.8 Å². The van der Waals surface area contributed by atoms with Gasteiger partial charge >= 0.3 is 6.18 Å². The van der Waals surface area contributed by atoms with E-state index >= 15 is 0 Å². The normalized spacial score (nSPS) is 22.5. The van der Waals surface area contributed by atoms with E-state index in [0.29, 0.717) is 5.56 Å². The van der Waals surface area contributed by atoms with Gasteiger partial charge in [0.1, 0.15) is 6.29 Å². The van der Waals surface area contributed by atoms with Crippen molar-refractivity contribution in [3.63, 3.8) is 0 Å². The summed E-state index contributed by atoms with van der Waals surface area (Å²) in [5, 5.41) is 8.03. The molecule has 0 radical (unpaired) electrons. The fourth-order valence-electron chi connectivity index (χ4n) is 2.81. The van der Waals surface area contributed by atoms with Gasteiger partial charge in [-0.15, -0.1) is 0 Å². The lowest BCUT2D eigenvalue weighted by molar-refractivity contribution is -0.137. The molecule has 26 heavy (non-hydrogen) atoms. The zero-order valence-corrected chi connectivity index (χ0v) is 14.8. The molecule has 1 aromatic carbocycles. The van der Waals surface area contributed by atoms with Gasteiger partial charge in [0.2, 0.25) is 11.8 Å². The summed E-state index contributed by atoms with van der Waals surface area (Å²) in [6, 6.07) is 3.33. The van der Waals surface area contributed by atoms with Crippen molar-refractivity contribution in [3.8, 4) is 0 Å². The van der Waals surface area contributed by atoms with Crippen LogP contribution in [0.25, 0.3) is 0 Å². The molecule has 1 heterocycles. The van der Waals surface area contributed by atoms with Crippen LogP contribution >= 0.6 is 0 Å². The zero-order chi connectivity index (χ0) is 19.7. The second kappa shape index (κ2) is 7.24. The van der Waals surface area contributed by atoms with E-state index < -0.39 is 41.4 Å². The van der Waals surface area contributed by atoms with Crippen LogP contribution in [0.15, 0.2) is 24.3 Å². The quantitative estimate of drug-likeness (QED) is 0.648. The summed E-state index contributed by atoms with van der Waals surface area (Å²) >= 11 is 0. The number of hydrogen-bond acceptors (Lipinski definition) is 4. The number of nitrogens with one attached hydrogen (secondary N) is 3. The van der Waals surface area contributed by atoms with E-state index in [-0.39, 0.29) is 12.3 Å². The number of rotatable bonds is 3. The third-order valence-corrected chi connectivity index (χ3v) is 4.13. The fraction of sp³-hybridized carbons (Fsp3) is 0.529. The molecule has 1 aromatic rings. The van der Waals surface area contributed by atoms with Crippen LogP contribution in [0.5, 0.6) is 0 Å². The molecular formula is C17H23F3N4O2. The number of benzene rings is 1. The van der Waals surface area contributed by atoms with E-state index in [4.69, 9.17) is 5.73 Å². The highest BCUT2D eigenvalue weighted by atomic mass is 19.4. The Morgan fingerprint density at radius 3 is 2.27 bits per heavy atom. The number of halogens is 3. The number of nitrogens with two attached hydrogens (primary N) is 1. The molecular weight excluding hydrogens is 349 g/mol. The fourth-order valence-corrected chi connectivity index (χ4v) is 2.81. The topological polar surface area (TPSA) is 96.2 Å². The Labute approximate surface area is 149 Å². The molecule has 1 saturated heterocycles. The summed E-state index contributed by atoms with van der Waals surface area (Å²) in [5.74, 6) is -0.784. The molecule has 2 amide bonds. The zero-order valence-electron chi connectivity index (χ0n) is 14.8. The van der Waals surface area contributed by atoms with Crippen molar-refractivity contribution >= 4 is 11.8 Å². The lowest BCUT2D eigenvalue weighted by Gasteiger charge is -2.35. The van der Waals surface area contributed by atoms with Gasteiger partial charge in [0.15, 0.2) is 0 Å². The standard InChI is InChI=1S/C17H23F3N4O2/c1-16(2,3)13(9-4-6-10(7-5-9)17(18,19)20)24-14(26)11-8-12(25)23-15(21)22-11/h4-7,11,13,15,22H,8,21H2,1-3H3,(H,23,25)(H,24,26)/t11?,13-,15?/m0/s1. The smallest absolute Gasteiger partial charge is 0.347 e. The predicted octanol–water partition coefficient (Wildman–Crippen LogP) is 1.63. The SMILES string of the molecule is CC(C)(C)[C@@H](NC(=O)C1CC(=O)NC(N)N1)c1ccc(C(F)(F)F)cc1. The third-order valence-electron chi connectivity index (χ3n) is 4.13. The molecule has 9 heteroatoms. The molecule has 144 valence electrons. The van der Waals surface area contributed by atoms with Crippen LogP contribution in [0.4, 0.5) is 13.2 Å². The van der Waals surface area contributed by atoms with Gasteiger partial charge in [-0.3, -0.25) is 20.6 Å². The molecule has 1 fully saturated rings. The minimum absolute atomic E-state index is 0.0661. The number of amides is 2. The maximum absolute atomic E-state index is 12.8. The highest BCUT2D eigenvalue weighted by Crippen LogP contribution is 2.35. The van der Waals surface area contributed by atoms with Crippen molar-refractivity contribution in [3.05, 3.63) is 35.4 Å². The van der Waals surface area contributed by atoms with Crippen molar-refractivity contribution in [2.75, 3.05) is 0 Å². The summed E-state index contributed by atoms with van der Waals surface area (Å²) in [6.07, 6.45) is -5.32. The first kappa shape index (κ1) is 20.2. The molecule has 6 nitrogen and oxygen atoms in total. The van der Waals surface area contributed by atoms with Crippen LogP contribution < -0.4 is 21.7 Å². The van der Waals surface area contributed by atoms with Crippen LogP contribution in [-0.2, 0) is 15.8 Å². The van der Waals surface area contributed by atoms with Gasteiger partial charge in [-0.1, -0.05) is 32.9 Å². The van der Waals surface area contributed by atoms with Crippen molar-refractivity contribution in [2.45, 2.75) is 51.7 Å². The predicted molar refractivity (Wildman–Crippen MR) is 89.4 cm³/mol. The van der Waals surface area contributed by atoms with E-state index in [1.807, 2.05) is 20.8 Å². The molecule has 0 aliphatic carbocycles. The number of hydrogen-bond donors (Lipinski definition) is 4. The molecule has 1 aliphatic rings. The average molecular weight is 372 g/mol. The Balaban J connectivity index is 2.20. The molecule has 2 rings (SSSR count). The van der Waals surface area contributed by atoms with E-state index in [2.05, 4.69) is 16.0 Å². The Bertz CT molecular complexity index is 668. The summed E-state index contributed by atoms with van der Waals surface area (Å²) in [4.78, 5) is 24.1. The second-order valence-electron chi connectivity index (χ2n) is 7.40. The Morgan fingerprint density at radius 1 is 1.23 bits per heavy atom. The van der Waals surface area contributed by atoms with Crippen LogP contribution in [-0.4, -0.2) is 24.1 Å². The lowest BCUT2D eigenvalue weighted by atomic mass is 9.82. The molecule has 2 unspecified atom stereocenters. The first-order valence-corrected chi connectivity index (χ1v) is 8.16. The maximum Gasteiger partial charge on any atom is 0.416 e. The summed E-state index contributed by atoms with van der Waals surface area (Å²) in [5.41, 5.74) is 4.94. The highest BCUT2D eigenvalue weighted by molar-refractivity contribution is 5.89. The van der Waals surface area contributed by atoms with Gasteiger partial charge in [-0.25, -0.2) is 0 Å². The van der Waals surface area contributed by atoms with Gasteiger partial charge in [0, 0.05) is 0 Å². The Kier molecular flexibility index (Phi) is 5.62. The minimum atomic E-state index is -4.42. The molecule has 3 atom stereocenters. The van der Waals surface area contributed by atoms with Gasteiger partial charge < -0.3 is 10.6 Å².